The number of pyridine rings is 1. The Labute approximate surface area is 111 Å². The molecule has 3 rings (SSSR count). The second kappa shape index (κ2) is 4.42. The van der Waals surface area contributed by atoms with Crippen molar-refractivity contribution in [1.29, 1.82) is 0 Å². The van der Waals surface area contributed by atoms with Gasteiger partial charge in [-0.3, -0.25) is 9.78 Å². The number of amides is 1. The van der Waals surface area contributed by atoms with Gasteiger partial charge in [0.1, 0.15) is 6.04 Å². The number of nitrogens with one attached hydrogen (secondary N) is 1. The molecule has 0 aliphatic carbocycles. The number of nitrogens with two attached hydrogens (primary N) is 1. The predicted octanol–water partition coefficient (Wildman–Crippen LogP) is 1.14. The van der Waals surface area contributed by atoms with E-state index < -0.39 is 0 Å². The van der Waals surface area contributed by atoms with Gasteiger partial charge < -0.3 is 16.0 Å². The SMILES string of the molecule is CC1C(=O)NCCN1c1ccc(N)c2cnccc12. The smallest absolute Gasteiger partial charge is 0.242 e. The molecule has 19 heavy (non-hydrogen) atoms. The van der Waals surface area contributed by atoms with E-state index in [0.717, 1.165) is 23.0 Å². The fraction of sp³-hybridized carbons (Fsp3) is 0.286. The van der Waals surface area contributed by atoms with Crippen LogP contribution in [0.2, 0.25) is 0 Å². The number of nitrogen functional groups attached to an aromatic ring is 1. The van der Waals surface area contributed by atoms with Gasteiger partial charge in [-0.25, -0.2) is 0 Å². The highest BCUT2D eigenvalue weighted by atomic mass is 16.2. The standard InChI is InChI=1S/C14H16N4O/c1-9-14(19)17-6-7-18(9)13-3-2-12(15)11-8-16-5-4-10(11)13/h2-5,8-9H,6-7,15H2,1H3,(H,17,19). The van der Waals surface area contributed by atoms with E-state index in [9.17, 15) is 4.79 Å². The summed E-state index contributed by atoms with van der Waals surface area (Å²) in [5, 5.41) is 4.84. The van der Waals surface area contributed by atoms with Gasteiger partial charge in [0.15, 0.2) is 0 Å². The zero-order valence-electron chi connectivity index (χ0n) is 10.8. The number of carbonyl (C=O) groups is 1. The molecule has 1 saturated heterocycles. The van der Waals surface area contributed by atoms with Crippen molar-refractivity contribution in [3.8, 4) is 0 Å². The van der Waals surface area contributed by atoms with Gasteiger partial charge in [0.05, 0.1) is 0 Å². The average Bonchev–Trinajstić information content (AvgIpc) is 2.43. The quantitative estimate of drug-likeness (QED) is 0.751. The van der Waals surface area contributed by atoms with Gasteiger partial charge in [0.2, 0.25) is 5.91 Å². The molecule has 1 amide bonds. The van der Waals surface area contributed by atoms with E-state index in [1.165, 1.54) is 0 Å². The Morgan fingerprint density at radius 3 is 3.05 bits per heavy atom. The van der Waals surface area contributed by atoms with Crippen LogP contribution in [0, 0.1) is 0 Å². The van der Waals surface area contributed by atoms with Gasteiger partial charge in [-0.2, -0.15) is 0 Å². The van der Waals surface area contributed by atoms with E-state index in [-0.39, 0.29) is 11.9 Å². The highest BCUT2D eigenvalue weighted by Gasteiger charge is 2.26. The lowest BCUT2D eigenvalue weighted by Crippen LogP contribution is -2.54. The maximum Gasteiger partial charge on any atom is 0.242 e. The van der Waals surface area contributed by atoms with Crippen LogP contribution in [0.5, 0.6) is 0 Å². The summed E-state index contributed by atoms with van der Waals surface area (Å²) in [4.78, 5) is 18.0. The Kier molecular flexibility index (Phi) is 2.74. The molecule has 0 radical (unpaired) electrons. The summed E-state index contributed by atoms with van der Waals surface area (Å²) < 4.78 is 0. The molecule has 5 heteroatoms. The number of hydrogen-bond donors (Lipinski definition) is 2. The molecule has 1 unspecified atom stereocenters. The molecule has 0 bridgehead atoms. The second-order valence-corrected chi connectivity index (χ2v) is 4.76. The maximum absolute atomic E-state index is 11.8. The van der Waals surface area contributed by atoms with Gasteiger partial charge in [0.25, 0.3) is 0 Å². The first-order chi connectivity index (χ1) is 9.18. The van der Waals surface area contributed by atoms with E-state index in [0.29, 0.717) is 12.2 Å². The number of nitrogens with zero attached hydrogens (tertiary/aromatic N) is 2. The number of hydrogen-bond acceptors (Lipinski definition) is 4. The highest BCUT2D eigenvalue weighted by Crippen LogP contribution is 2.31. The molecular weight excluding hydrogens is 240 g/mol. The van der Waals surface area contributed by atoms with E-state index >= 15 is 0 Å². The molecule has 1 fully saturated rings. The van der Waals surface area contributed by atoms with Crippen molar-refractivity contribution in [1.82, 2.24) is 10.3 Å². The molecule has 5 nitrogen and oxygen atoms in total. The summed E-state index contributed by atoms with van der Waals surface area (Å²) in [6.07, 6.45) is 3.52. The van der Waals surface area contributed by atoms with E-state index in [1.54, 1.807) is 12.4 Å². The lowest BCUT2D eigenvalue weighted by Gasteiger charge is -2.35. The van der Waals surface area contributed by atoms with Crippen molar-refractivity contribution in [2.75, 3.05) is 23.7 Å². The van der Waals surface area contributed by atoms with Crippen LogP contribution in [-0.4, -0.2) is 30.0 Å². The Morgan fingerprint density at radius 1 is 1.37 bits per heavy atom. The molecule has 1 atom stereocenters. The normalized spacial score (nSPS) is 19.5. The second-order valence-electron chi connectivity index (χ2n) is 4.76. The Bertz CT molecular complexity index is 640. The Hall–Kier alpha value is -2.30. The zero-order valence-corrected chi connectivity index (χ0v) is 10.8. The highest BCUT2D eigenvalue weighted by molar-refractivity contribution is 6.02. The first-order valence-corrected chi connectivity index (χ1v) is 6.35. The largest absolute Gasteiger partial charge is 0.398 e. The molecular formula is C14H16N4O. The lowest BCUT2D eigenvalue weighted by molar-refractivity contribution is -0.122. The van der Waals surface area contributed by atoms with E-state index in [4.69, 9.17) is 5.73 Å². The first kappa shape index (κ1) is 11.8. The number of aromatic nitrogens is 1. The molecule has 98 valence electrons. The van der Waals surface area contributed by atoms with Crippen molar-refractivity contribution in [3.05, 3.63) is 30.6 Å². The topological polar surface area (TPSA) is 71.2 Å². The Balaban J connectivity index is 2.15. The van der Waals surface area contributed by atoms with E-state index in [2.05, 4.69) is 15.2 Å². The van der Waals surface area contributed by atoms with Crippen molar-refractivity contribution in [2.45, 2.75) is 13.0 Å². The van der Waals surface area contributed by atoms with E-state index in [1.807, 2.05) is 25.1 Å². The molecule has 1 aliphatic heterocycles. The van der Waals surface area contributed by atoms with Crippen LogP contribution in [0.1, 0.15) is 6.92 Å². The van der Waals surface area contributed by atoms with Crippen LogP contribution in [0.25, 0.3) is 10.8 Å². The number of rotatable bonds is 1. The molecule has 1 aromatic carbocycles. The number of benzene rings is 1. The molecule has 0 saturated carbocycles. The molecule has 2 aromatic rings. The third-order valence-electron chi connectivity index (χ3n) is 3.64. The zero-order chi connectivity index (χ0) is 13.4. The molecule has 2 heterocycles. The number of piperazine rings is 1. The van der Waals surface area contributed by atoms with Crippen LogP contribution in [0.15, 0.2) is 30.6 Å². The fourth-order valence-electron chi connectivity index (χ4n) is 2.56. The summed E-state index contributed by atoms with van der Waals surface area (Å²) >= 11 is 0. The van der Waals surface area contributed by atoms with Crippen LogP contribution in [-0.2, 0) is 4.79 Å². The van der Waals surface area contributed by atoms with Crippen LogP contribution < -0.4 is 16.0 Å². The summed E-state index contributed by atoms with van der Waals surface area (Å²) in [6, 6.07) is 5.62. The Morgan fingerprint density at radius 2 is 2.21 bits per heavy atom. The summed E-state index contributed by atoms with van der Waals surface area (Å²) in [5.41, 5.74) is 7.72. The summed E-state index contributed by atoms with van der Waals surface area (Å²) in [5.74, 6) is 0.0604. The van der Waals surface area contributed by atoms with Crippen LogP contribution >= 0.6 is 0 Å². The maximum atomic E-state index is 11.8. The molecule has 0 spiro atoms. The fourth-order valence-corrected chi connectivity index (χ4v) is 2.56. The van der Waals surface area contributed by atoms with Crippen molar-refractivity contribution in [3.63, 3.8) is 0 Å². The number of fused-ring (bicyclic) bond motifs is 1. The van der Waals surface area contributed by atoms with Gasteiger partial charge >= 0.3 is 0 Å². The van der Waals surface area contributed by atoms with Gasteiger partial charge in [-0.15, -0.1) is 0 Å². The van der Waals surface area contributed by atoms with Gasteiger partial charge in [-0.1, -0.05) is 0 Å². The van der Waals surface area contributed by atoms with Crippen LogP contribution in [0.3, 0.4) is 0 Å². The average molecular weight is 256 g/mol. The first-order valence-electron chi connectivity index (χ1n) is 6.35. The minimum absolute atomic E-state index is 0.0604. The summed E-state index contributed by atoms with van der Waals surface area (Å²) in [6.45, 7) is 3.38. The van der Waals surface area contributed by atoms with Gasteiger partial charge in [-0.05, 0) is 25.1 Å². The number of anilines is 2. The lowest BCUT2D eigenvalue weighted by atomic mass is 10.1. The molecule has 3 N–H and O–H groups in total. The monoisotopic (exact) mass is 256 g/mol. The van der Waals surface area contributed by atoms with Crippen LogP contribution in [0.4, 0.5) is 11.4 Å². The van der Waals surface area contributed by atoms with Gasteiger partial charge in [0, 0.05) is 47.6 Å². The summed E-state index contributed by atoms with van der Waals surface area (Å²) in [7, 11) is 0. The minimum atomic E-state index is -0.172. The third-order valence-corrected chi connectivity index (χ3v) is 3.64. The predicted molar refractivity (Wildman–Crippen MR) is 76.0 cm³/mol. The third kappa shape index (κ3) is 1.87. The van der Waals surface area contributed by atoms with Crippen molar-refractivity contribution < 1.29 is 4.79 Å². The molecule has 1 aliphatic rings. The number of carbonyl (C=O) groups excluding carboxylic acids is 1. The minimum Gasteiger partial charge on any atom is -0.398 e. The van der Waals surface area contributed by atoms with Crippen molar-refractivity contribution in [2.24, 2.45) is 0 Å². The van der Waals surface area contributed by atoms with Crippen molar-refractivity contribution >= 4 is 28.1 Å². The molecule has 1 aromatic heterocycles.